The van der Waals surface area contributed by atoms with E-state index in [1.807, 2.05) is 0 Å². The zero-order chi connectivity index (χ0) is 12.0. The first kappa shape index (κ1) is 12.4. The van der Waals surface area contributed by atoms with Crippen LogP contribution in [0.3, 0.4) is 0 Å². The Hall–Kier alpha value is -0.0800. The van der Waals surface area contributed by atoms with Crippen LogP contribution in [-0.4, -0.2) is 25.8 Å². The fraction of sp³-hybridized carbons (Fsp3) is 1.00. The van der Waals surface area contributed by atoms with Gasteiger partial charge in [0, 0.05) is 19.7 Å². The van der Waals surface area contributed by atoms with Crippen LogP contribution in [0.2, 0.25) is 0 Å². The van der Waals surface area contributed by atoms with Crippen LogP contribution in [0.4, 0.5) is 0 Å². The van der Waals surface area contributed by atoms with E-state index in [9.17, 15) is 0 Å². The van der Waals surface area contributed by atoms with Crippen LogP contribution in [0.15, 0.2) is 0 Å². The van der Waals surface area contributed by atoms with E-state index in [4.69, 9.17) is 4.74 Å². The van der Waals surface area contributed by atoms with Crippen LogP contribution in [0, 0.1) is 16.7 Å². The van der Waals surface area contributed by atoms with Crippen molar-refractivity contribution in [2.45, 2.75) is 59.1 Å². The highest BCUT2D eigenvalue weighted by Crippen LogP contribution is 2.62. The molecule has 4 unspecified atom stereocenters. The van der Waals surface area contributed by atoms with Gasteiger partial charge in [0.2, 0.25) is 0 Å². The Kier molecular flexibility index (Phi) is 3.09. The average molecular weight is 225 g/mol. The molecule has 0 heterocycles. The highest BCUT2D eigenvalue weighted by atomic mass is 16.5. The predicted molar refractivity (Wildman–Crippen MR) is 67.5 cm³/mol. The minimum atomic E-state index is 0.318. The van der Waals surface area contributed by atoms with Crippen molar-refractivity contribution in [2.24, 2.45) is 16.7 Å². The van der Waals surface area contributed by atoms with Gasteiger partial charge in [-0.2, -0.15) is 0 Å². The van der Waals surface area contributed by atoms with Crippen molar-refractivity contribution in [1.82, 2.24) is 5.32 Å². The molecule has 2 aliphatic carbocycles. The SMILES string of the molecule is COC(C)CNC1C2(C)CCC(C2)C1(C)C. The third-order valence-corrected chi connectivity index (χ3v) is 5.28. The molecule has 0 saturated heterocycles. The van der Waals surface area contributed by atoms with E-state index in [2.05, 4.69) is 33.0 Å². The number of fused-ring (bicyclic) bond motifs is 2. The van der Waals surface area contributed by atoms with Crippen molar-refractivity contribution in [3.05, 3.63) is 0 Å². The van der Waals surface area contributed by atoms with Crippen molar-refractivity contribution in [3.8, 4) is 0 Å². The molecular formula is C14H27NO. The number of nitrogens with one attached hydrogen (secondary N) is 1. The monoisotopic (exact) mass is 225 g/mol. The molecule has 0 radical (unpaired) electrons. The van der Waals surface area contributed by atoms with Gasteiger partial charge in [-0.1, -0.05) is 20.8 Å². The van der Waals surface area contributed by atoms with Crippen molar-refractivity contribution >= 4 is 0 Å². The Bertz CT molecular complexity index is 259. The Morgan fingerprint density at radius 2 is 2.06 bits per heavy atom. The van der Waals surface area contributed by atoms with Crippen molar-refractivity contribution in [3.63, 3.8) is 0 Å². The second-order valence-electron chi connectivity index (χ2n) is 6.80. The van der Waals surface area contributed by atoms with Crippen molar-refractivity contribution in [1.29, 1.82) is 0 Å². The van der Waals surface area contributed by atoms with E-state index in [1.54, 1.807) is 7.11 Å². The van der Waals surface area contributed by atoms with Gasteiger partial charge in [0.15, 0.2) is 0 Å². The minimum absolute atomic E-state index is 0.318. The topological polar surface area (TPSA) is 21.3 Å². The lowest BCUT2D eigenvalue weighted by Crippen LogP contribution is -2.52. The fourth-order valence-corrected chi connectivity index (χ4v) is 4.18. The number of hydrogen-bond donors (Lipinski definition) is 1. The molecule has 94 valence electrons. The highest BCUT2D eigenvalue weighted by molar-refractivity contribution is 5.12. The second-order valence-corrected chi connectivity index (χ2v) is 6.80. The first-order valence-electron chi connectivity index (χ1n) is 6.66. The molecule has 2 bridgehead atoms. The third kappa shape index (κ3) is 1.80. The Balaban J connectivity index is 2.02. The van der Waals surface area contributed by atoms with Gasteiger partial charge in [0.1, 0.15) is 0 Å². The summed E-state index contributed by atoms with van der Waals surface area (Å²) < 4.78 is 5.33. The molecule has 0 aromatic rings. The molecule has 0 aliphatic heterocycles. The van der Waals surface area contributed by atoms with Crippen molar-refractivity contribution in [2.75, 3.05) is 13.7 Å². The largest absolute Gasteiger partial charge is 0.380 e. The van der Waals surface area contributed by atoms with E-state index in [-0.39, 0.29) is 0 Å². The van der Waals surface area contributed by atoms with Gasteiger partial charge in [-0.25, -0.2) is 0 Å². The summed E-state index contributed by atoms with van der Waals surface area (Å²) in [6.45, 7) is 10.5. The van der Waals surface area contributed by atoms with E-state index < -0.39 is 0 Å². The van der Waals surface area contributed by atoms with Crippen LogP contribution in [-0.2, 0) is 4.74 Å². The summed E-state index contributed by atoms with van der Waals surface area (Å²) >= 11 is 0. The molecule has 2 rings (SSSR count). The average Bonchev–Trinajstić information content (AvgIpc) is 2.68. The number of methoxy groups -OCH3 is 1. The van der Waals surface area contributed by atoms with Gasteiger partial charge in [-0.15, -0.1) is 0 Å². The summed E-state index contributed by atoms with van der Waals surface area (Å²) in [6, 6.07) is 0.663. The summed E-state index contributed by atoms with van der Waals surface area (Å²) in [5.41, 5.74) is 0.988. The van der Waals surface area contributed by atoms with Gasteiger partial charge in [-0.3, -0.25) is 0 Å². The van der Waals surface area contributed by atoms with Crippen LogP contribution in [0.25, 0.3) is 0 Å². The Morgan fingerprint density at radius 1 is 1.38 bits per heavy atom. The molecule has 1 N–H and O–H groups in total. The van der Waals surface area contributed by atoms with Gasteiger partial charge >= 0.3 is 0 Å². The summed E-state index contributed by atoms with van der Waals surface area (Å²) in [6.07, 6.45) is 4.57. The zero-order valence-corrected chi connectivity index (χ0v) is 11.5. The first-order valence-corrected chi connectivity index (χ1v) is 6.66. The summed E-state index contributed by atoms with van der Waals surface area (Å²) in [5.74, 6) is 0.924. The molecule has 0 amide bonds. The van der Waals surface area contributed by atoms with E-state index >= 15 is 0 Å². The van der Waals surface area contributed by atoms with Crippen LogP contribution < -0.4 is 5.32 Å². The zero-order valence-electron chi connectivity index (χ0n) is 11.5. The lowest BCUT2D eigenvalue weighted by Gasteiger charge is -2.43. The van der Waals surface area contributed by atoms with E-state index in [0.717, 1.165) is 12.5 Å². The molecule has 2 saturated carbocycles. The standard InChI is InChI=1S/C14H27NO/c1-10(16-5)9-15-12-13(2,3)11-6-7-14(12,4)8-11/h10-12,15H,6-9H2,1-5H3. The van der Waals surface area contributed by atoms with E-state index in [1.165, 1.54) is 19.3 Å². The van der Waals surface area contributed by atoms with Gasteiger partial charge in [-0.05, 0) is 42.9 Å². The normalized spacial score (nSPS) is 42.6. The number of hydrogen-bond acceptors (Lipinski definition) is 2. The molecular weight excluding hydrogens is 198 g/mol. The Morgan fingerprint density at radius 3 is 2.56 bits per heavy atom. The molecule has 16 heavy (non-hydrogen) atoms. The molecule has 0 aromatic carbocycles. The lowest BCUT2D eigenvalue weighted by molar-refractivity contribution is 0.0738. The maximum Gasteiger partial charge on any atom is 0.0667 e. The smallest absolute Gasteiger partial charge is 0.0667 e. The fourth-order valence-electron chi connectivity index (χ4n) is 4.18. The second kappa shape index (κ2) is 3.99. The lowest BCUT2D eigenvalue weighted by atomic mass is 9.68. The summed E-state index contributed by atoms with van der Waals surface area (Å²) in [5, 5.41) is 3.77. The quantitative estimate of drug-likeness (QED) is 0.794. The molecule has 2 heteroatoms. The summed E-state index contributed by atoms with van der Waals surface area (Å²) in [4.78, 5) is 0. The molecule has 4 atom stereocenters. The number of ether oxygens (including phenoxy) is 1. The van der Waals surface area contributed by atoms with Gasteiger partial charge in [0.25, 0.3) is 0 Å². The van der Waals surface area contributed by atoms with Gasteiger partial charge < -0.3 is 10.1 Å². The maximum atomic E-state index is 5.33. The van der Waals surface area contributed by atoms with Crippen LogP contribution in [0.1, 0.15) is 47.0 Å². The Labute approximate surface area is 100 Å². The minimum Gasteiger partial charge on any atom is -0.380 e. The summed E-state index contributed by atoms with van der Waals surface area (Å²) in [7, 11) is 1.79. The third-order valence-electron chi connectivity index (χ3n) is 5.28. The molecule has 0 aromatic heterocycles. The maximum absolute atomic E-state index is 5.33. The molecule has 0 spiro atoms. The molecule has 2 nitrogen and oxygen atoms in total. The first-order chi connectivity index (χ1) is 7.40. The predicted octanol–water partition coefficient (Wildman–Crippen LogP) is 2.83. The van der Waals surface area contributed by atoms with Crippen molar-refractivity contribution < 1.29 is 4.74 Å². The van der Waals surface area contributed by atoms with Gasteiger partial charge in [0.05, 0.1) is 6.10 Å². The van der Waals surface area contributed by atoms with E-state index in [0.29, 0.717) is 23.0 Å². The highest BCUT2D eigenvalue weighted by Gasteiger charge is 2.58. The van der Waals surface area contributed by atoms with Crippen LogP contribution >= 0.6 is 0 Å². The molecule has 2 fully saturated rings. The number of rotatable bonds is 4. The van der Waals surface area contributed by atoms with Crippen LogP contribution in [0.5, 0.6) is 0 Å². The molecule has 2 aliphatic rings.